The number of rotatable bonds is 4. The summed E-state index contributed by atoms with van der Waals surface area (Å²) in [5.74, 6) is -2.29. The molecular formula is C24H22F2N6O7S2. The van der Waals surface area contributed by atoms with E-state index in [9.17, 15) is 35.2 Å². The Kier molecular flexibility index (Phi) is 7.94. The molecule has 17 heteroatoms. The fourth-order valence-corrected chi connectivity index (χ4v) is 5.81. The van der Waals surface area contributed by atoms with Crippen molar-refractivity contribution in [1.29, 1.82) is 0 Å². The van der Waals surface area contributed by atoms with Gasteiger partial charge >= 0.3 is 12.1 Å². The molecule has 1 aromatic carbocycles. The number of urea groups is 2. The fourth-order valence-electron chi connectivity index (χ4n) is 3.68. The first-order valence-corrected chi connectivity index (χ1v) is 14.5. The van der Waals surface area contributed by atoms with Gasteiger partial charge < -0.3 is 10.1 Å². The Balaban J connectivity index is 0.000000367. The largest absolute Gasteiger partial charge is 0.497 e. The molecule has 2 aliphatic heterocycles. The summed E-state index contributed by atoms with van der Waals surface area (Å²) in [6, 6.07) is 5.87. The molecule has 4 amide bonds. The highest BCUT2D eigenvalue weighted by molar-refractivity contribution is 7.94. The van der Waals surface area contributed by atoms with Gasteiger partial charge in [0, 0.05) is 35.8 Å². The van der Waals surface area contributed by atoms with Gasteiger partial charge in [-0.3, -0.25) is 4.90 Å². The standard InChI is InChI=1S/C21H18F2N4O4S.C3H4N2O3S/c1-12-6-7-19(25-13(12)2)27-21(28)26(20-18(32(27,29)30)5-4-8-24-20)11-15-16(22)9-14(31-3)10-17(15)23;6-3-4-1-2-9(7,8)5-3/h4-10H,11H2,1-3H3;1-2H,(H2,4,5,6). The highest BCUT2D eigenvalue weighted by Gasteiger charge is 2.44. The van der Waals surface area contributed by atoms with Gasteiger partial charge in [0.1, 0.15) is 22.3 Å². The zero-order valence-corrected chi connectivity index (χ0v) is 23.3. The molecule has 4 heterocycles. The second kappa shape index (κ2) is 11.1. The van der Waals surface area contributed by atoms with E-state index < -0.39 is 55.9 Å². The molecule has 41 heavy (non-hydrogen) atoms. The van der Waals surface area contributed by atoms with Crippen LogP contribution >= 0.6 is 0 Å². The van der Waals surface area contributed by atoms with Gasteiger partial charge in [-0.05, 0) is 37.6 Å². The number of fused-ring (bicyclic) bond motifs is 1. The average Bonchev–Trinajstić information content (AvgIpc) is 2.89. The number of methoxy groups -OCH3 is 1. The number of aryl methyl sites for hydroxylation is 2. The van der Waals surface area contributed by atoms with E-state index in [1.807, 2.05) is 0 Å². The number of nitrogens with zero attached hydrogens (tertiary/aromatic N) is 4. The lowest BCUT2D eigenvalue weighted by Crippen LogP contribution is -2.51. The summed E-state index contributed by atoms with van der Waals surface area (Å²) in [6.45, 7) is 2.87. The number of sulfonamides is 2. The molecule has 3 aromatic rings. The number of nitrogens with one attached hydrogen (secondary N) is 2. The molecule has 216 valence electrons. The molecule has 5 rings (SSSR count). The van der Waals surface area contributed by atoms with Crippen LogP contribution in [-0.4, -0.2) is 46.0 Å². The number of halogens is 2. The summed E-state index contributed by atoms with van der Waals surface area (Å²) >= 11 is 0. The van der Waals surface area contributed by atoms with E-state index in [1.165, 1.54) is 31.5 Å². The number of hydrogen-bond acceptors (Lipinski definition) is 9. The van der Waals surface area contributed by atoms with Gasteiger partial charge in [0.2, 0.25) is 0 Å². The SMILES string of the molecule is COc1cc(F)c(CN2C(=O)N(c3ccc(C)c(C)n3)S(=O)(=O)c3cccnc32)c(F)c1.O=C1NC=CS(=O)(=O)N1. The van der Waals surface area contributed by atoms with Gasteiger partial charge in [-0.15, -0.1) is 0 Å². The maximum absolute atomic E-state index is 14.6. The van der Waals surface area contributed by atoms with Crippen molar-refractivity contribution in [3.05, 3.63) is 82.7 Å². The normalized spacial score (nSPS) is 16.6. The molecule has 0 radical (unpaired) electrons. The summed E-state index contributed by atoms with van der Waals surface area (Å²) in [6.07, 6.45) is 2.35. The van der Waals surface area contributed by atoms with E-state index in [2.05, 4.69) is 15.3 Å². The van der Waals surface area contributed by atoms with Gasteiger partial charge in [0.25, 0.3) is 20.0 Å². The van der Waals surface area contributed by atoms with Crippen molar-refractivity contribution in [2.24, 2.45) is 0 Å². The molecule has 0 atom stereocenters. The molecule has 0 unspecified atom stereocenters. The highest BCUT2D eigenvalue weighted by atomic mass is 32.2. The predicted octanol–water partition coefficient (Wildman–Crippen LogP) is 2.82. The van der Waals surface area contributed by atoms with Crippen molar-refractivity contribution in [3.8, 4) is 5.75 Å². The van der Waals surface area contributed by atoms with Gasteiger partial charge in [-0.25, -0.2) is 49.9 Å². The minimum atomic E-state index is -4.36. The van der Waals surface area contributed by atoms with Crippen LogP contribution in [0.5, 0.6) is 5.75 Å². The fraction of sp³-hybridized carbons (Fsp3) is 0.167. The van der Waals surface area contributed by atoms with E-state index in [4.69, 9.17) is 4.74 Å². The Bertz CT molecular complexity index is 1780. The van der Waals surface area contributed by atoms with E-state index in [1.54, 1.807) is 24.6 Å². The number of aromatic nitrogens is 2. The molecule has 2 aliphatic rings. The average molecular weight is 609 g/mol. The quantitative estimate of drug-likeness (QED) is 0.453. The van der Waals surface area contributed by atoms with Gasteiger partial charge in [0.15, 0.2) is 11.6 Å². The molecule has 0 saturated heterocycles. The van der Waals surface area contributed by atoms with Crippen LogP contribution in [0.1, 0.15) is 16.8 Å². The number of ether oxygens (including phenoxy) is 1. The molecule has 2 N–H and O–H groups in total. The molecule has 13 nitrogen and oxygen atoms in total. The lowest BCUT2D eigenvalue weighted by atomic mass is 10.1. The monoisotopic (exact) mass is 608 g/mol. The van der Waals surface area contributed by atoms with Crippen LogP contribution in [0.3, 0.4) is 0 Å². The predicted molar refractivity (Wildman–Crippen MR) is 142 cm³/mol. The maximum atomic E-state index is 14.6. The van der Waals surface area contributed by atoms with Crippen LogP contribution in [0.2, 0.25) is 0 Å². The zero-order chi connectivity index (χ0) is 30.1. The maximum Gasteiger partial charge on any atom is 0.346 e. The van der Waals surface area contributed by atoms with Crippen molar-refractivity contribution in [1.82, 2.24) is 20.0 Å². The first-order chi connectivity index (χ1) is 19.2. The number of hydrogen-bond donors (Lipinski definition) is 2. The van der Waals surface area contributed by atoms with Crippen LogP contribution in [0, 0.1) is 25.5 Å². The number of anilines is 2. The van der Waals surface area contributed by atoms with Gasteiger partial charge in [-0.2, -0.15) is 4.31 Å². The molecule has 2 aromatic heterocycles. The van der Waals surface area contributed by atoms with Crippen molar-refractivity contribution in [3.63, 3.8) is 0 Å². The number of amides is 4. The molecular weight excluding hydrogens is 586 g/mol. The Morgan fingerprint density at radius 2 is 1.71 bits per heavy atom. The van der Waals surface area contributed by atoms with Crippen LogP contribution < -0.4 is 24.0 Å². The summed E-state index contributed by atoms with van der Waals surface area (Å²) in [5.41, 5.74) is 0.890. The minimum Gasteiger partial charge on any atom is -0.497 e. The summed E-state index contributed by atoms with van der Waals surface area (Å²) in [7, 11) is -6.57. The van der Waals surface area contributed by atoms with Crippen LogP contribution in [0.25, 0.3) is 0 Å². The Morgan fingerprint density at radius 1 is 1.02 bits per heavy atom. The molecule has 0 spiro atoms. The van der Waals surface area contributed by atoms with Crippen molar-refractivity contribution < 1.29 is 39.9 Å². The van der Waals surface area contributed by atoms with Crippen molar-refractivity contribution >= 4 is 43.7 Å². The summed E-state index contributed by atoms with van der Waals surface area (Å²) in [4.78, 5) is 32.5. The first-order valence-electron chi connectivity index (χ1n) is 11.5. The second-order valence-electron chi connectivity index (χ2n) is 8.53. The van der Waals surface area contributed by atoms with E-state index in [0.717, 1.165) is 34.2 Å². The number of carbonyl (C=O) groups is 2. The second-order valence-corrected chi connectivity index (χ2v) is 11.8. The summed E-state index contributed by atoms with van der Waals surface area (Å²) in [5, 5.41) is 3.00. The van der Waals surface area contributed by atoms with Gasteiger partial charge in [-0.1, -0.05) is 6.07 Å². The lowest BCUT2D eigenvalue weighted by molar-refractivity contribution is 0.248. The highest BCUT2D eigenvalue weighted by Crippen LogP contribution is 2.37. The topological polar surface area (TPSA) is 168 Å². The summed E-state index contributed by atoms with van der Waals surface area (Å²) < 4.78 is 83.6. The minimum absolute atomic E-state index is 0.0317. The van der Waals surface area contributed by atoms with Crippen molar-refractivity contribution in [2.75, 3.05) is 16.3 Å². The molecule has 0 aliphatic carbocycles. The molecule has 0 fully saturated rings. The Morgan fingerprint density at radius 3 is 2.27 bits per heavy atom. The third kappa shape index (κ3) is 5.94. The first kappa shape index (κ1) is 29.3. The number of benzene rings is 1. The Labute approximate surface area is 233 Å². The number of carbonyl (C=O) groups excluding carboxylic acids is 2. The van der Waals surface area contributed by atoms with E-state index in [0.29, 0.717) is 10.00 Å². The molecule has 0 saturated carbocycles. The molecule has 0 bridgehead atoms. The third-order valence-electron chi connectivity index (χ3n) is 5.84. The lowest BCUT2D eigenvalue weighted by Gasteiger charge is -2.34. The smallest absolute Gasteiger partial charge is 0.346 e. The van der Waals surface area contributed by atoms with Crippen LogP contribution in [-0.2, 0) is 26.6 Å². The van der Waals surface area contributed by atoms with Crippen LogP contribution in [0.4, 0.5) is 30.0 Å². The van der Waals surface area contributed by atoms with Gasteiger partial charge in [0.05, 0.1) is 19.1 Å². The number of pyridine rings is 2. The third-order valence-corrected chi connectivity index (χ3v) is 8.50. The van der Waals surface area contributed by atoms with E-state index >= 15 is 0 Å². The van der Waals surface area contributed by atoms with E-state index in [-0.39, 0.29) is 22.3 Å². The van der Waals surface area contributed by atoms with Crippen molar-refractivity contribution in [2.45, 2.75) is 25.3 Å². The zero-order valence-electron chi connectivity index (χ0n) is 21.6. The Hall–Kier alpha value is -4.64. The van der Waals surface area contributed by atoms with Crippen LogP contribution in [0.15, 0.2) is 59.1 Å².